The van der Waals surface area contributed by atoms with Gasteiger partial charge in [-0.3, -0.25) is 4.79 Å². The zero-order valence-electron chi connectivity index (χ0n) is 13.2. The molecule has 1 aromatic carbocycles. The molecule has 0 aliphatic carbocycles. The molecule has 0 bridgehead atoms. The minimum atomic E-state index is -0.503. The molecule has 1 amide bonds. The third-order valence-corrected chi connectivity index (χ3v) is 3.68. The third kappa shape index (κ3) is 3.20. The Morgan fingerprint density at radius 1 is 1.42 bits per heavy atom. The van der Waals surface area contributed by atoms with Gasteiger partial charge in [0.1, 0.15) is 24.5 Å². The second-order valence-corrected chi connectivity index (χ2v) is 5.25. The standard InChI is InChI=1S/C18H16N4O2/c1-3-15-6-4-7-16(10-15)21(11-17-8-5-9-24-17)18(23)14(2)22-13-19-12-20-22/h1,4-10,12-14H,11H2,2H3/t14-/m0/s1. The van der Waals surface area contributed by atoms with E-state index in [1.165, 1.54) is 17.3 Å². The topological polar surface area (TPSA) is 64.2 Å². The molecule has 0 fully saturated rings. The van der Waals surface area contributed by atoms with Crippen LogP contribution in [0, 0.1) is 12.3 Å². The molecule has 0 spiro atoms. The SMILES string of the molecule is C#Cc1cccc(N(Cc2ccco2)C(=O)[C@H](C)n2cncn2)c1. The van der Waals surface area contributed by atoms with Gasteiger partial charge < -0.3 is 9.32 Å². The van der Waals surface area contributed by atoms with Crippen LogP contribution in [0.5, 0.6) is 0 Å². The maximum Gasteiger partial charge on any atom is 0.252 e. The lowest BCUT2D eigenvalue weighted by Crippen LogP contribution is -2.36. The first-order chi connectivity index (χ1) is 11.7. The molecule has 6 nitrogen and oxygen atoms in total. The average Bonchev–Trinajstić information content (AvgIpc) is 3.32. The number of terminal acetylenes is 1. The molecule has 0 N–H and O–H groups in total. The Kier molecular flexibility index (Phi) is 4.43. The monoisotopic (exact) mass is 320 g/mol. The van der Waals surface area contributed by atoms with Crippen LogP contribution in [0.1, 0.15) is 24.3 Å². The maximum absolute atomic E-state index is 13.0. The largest absolute Gasteiger partial charge is 0.467 e. The molecule has 0 radical (unpaired) electrons. The molecule has 24 heavy (non-hydrogen) atoms. The quantitative estimate of drug-likeness (QED) is 0.678. The molecule has 2 aromatic heterocycles. The minimum Gasteiger partial charge on any atom is -0.467 e. The summed E-state index contributed by atoms with van der Waals surface area (Å²) in [5, 5.41) is 4.05. The first kappa shape index (κ1) is 15.6. The molecule has 2 heterocycles. The van der Waals surface area contributed by atoms with Crippen LogP contribution in [0.4, 0.5) is 5.69 Å². The Morgan fingerprint density at radius 2 is 2.29 bits per heavy atom. The fourth-order valence-electron chi connectivity index (χ4n) is 2.37. The molecular weight excluding hydrogens is 304 g/mol. The minimum absolute atomic E-state index is 0.133. The molecule has 0 saturated heterocycles. The van der Waals surface area contributed by atoms with Crippen LogP contribution in [0.15, 0.2) is 59.7 Å². The highest BCUT2D eigenvalue weighted by Gasteiger charge is 2.25. The first-order valence-corrected chi connectivity index (χ1v) is 7.43. The molecule has 3 rings (SSSR count). The van der Waals surface area contributed by atoms with Crippen molar-refractivity contribution in [1.82, 2.24) is 14.8 Å². The number of anilines is 1. The third-order valence-electron chi connectivity index (χ3n) is 3.68. The smallest absolute Gasteiger partial charge is 0.252 e. The van der Waals surface area contributed by atoms with Gasteiger partial charge in [-0.25, -0.2) is 9.67 Å². The van der Waals surface area contributed by atoms with Crippen molar-refractivity contribution in [2.75, 3.05) is 4.90 Å². The molecular formula is C18H16N4O2. The van der Waals surface area contributed by atoms with E-state index < -0.39 is 6.04 Å². The Hall–Kier alpha value is -3.33. The second kappa shape index (κ2) is 6.84. The first-order valence-electron chi connectivity index (χ1n) is 7.43. The van der Waals surface area contributed by atoms with E-state index in [2.05, 4.69) is 16.0 Å². The van der Waals surface area contributed by atoms with Crippen LogP contribution in [-0.2, 0) is 11.3 Å². The molecule has 1 atom stereocenters. The number of hydrogen-bond acceptors (Lipinski definition) is 4. The van der Waals surface area contributed by atoms with Crippen molar-refractivity contribution >= 4 is 11.6 Å². The van der Waals surface area contributed by atoms with Gasteiger partial charge in [0.05, 0.1) is 12.8 Å². The summed E-state index contributed by atoms with van der Waals surface area (Å²) in [6, 6.07) is 10.4. The van der Waals surface area contributed by atoms with Crippen LogP contribution in [0.3, 0.4) is 0 Å². The van der Waals surface area contributed by atoms with Crippen LogP contribution in [0.2, 0.25) is 0 Å². The summed E-state index contributed by atoms with van der Waals surface area (Å²) in [7, 11) is 0. The lowest BCUT2D eigenvalue weighted by atomic mass is 10.1. The van der Waals surface area contributed by atoms with Gasteiger partial charge in [0.15, 0.2) is 0 Å². The van der Waals surface area contributed by atoms with Crippen molar-refractivity contribution < 1.29 is 9.21 Å². The van der Waals surface area contributed by atoms with Crippen molar-refractivity contribution in [2.45, 2.75) is 19.5 Å². The zero-order chi connectivity index (χ0) is 16.9. The summed E-state index contributed by atoms with van der Waals surface area (Å²) in [4.78, 5) is 18.5. The van der Waals surface area contributed by atoms with E-state index in [0.717, 1.165) is 0 Å². The average molecular weight is 320 g/mol. The lowest BCUT2D eigenvalue weighted by molar-refractivity contribution is -0.121. The fourth-order valence-corrected chi connectivity index (χ4v) is 2.37. The van der Waals surface area contributed by atoms with Crippen molar-refractivity contribution in [1.29, 1.82) is 0 Å². The maximum atomic E-state index is 13.0. The Bertz CT molecular complexity index is 848. The summed E-state index contributed by atoms with van der Waals surface area (Å²) in [5.74, 6) is 3.14. The van der Waals surface area contributed by atoms with Crippen molar-refractivity contribution in [3.63, 3.8) is 0 Å². The number of amides is 1. The number of carbonyl (C=O) groups is 1. The van der Waals surface area contributed by atoms with Gasteiger partial charge in [0.25, 0.3) is 5.91 Å². The molecule has 6 heteroatoms. The predicted molar refractivity (Wildman–Crippen MR) is 89.0 cm³/mol. The van der Waals surface area contributed by atoms with Crippen molar-refractivity contribution in [3.8, 4) is 12.3 Å². The van der Waals surface area contributed by atoms with Crippen LogP contribution >= 0.6 is 0 Å². The Morgan fingerprint density at radius 3 is 2.96 bits per heavy atom. The van der Waals surface area contributed by atoms with E-state index in [1.807, 2.05) is 24.3 Å². The highest BCUT2D eigenvalue weighted by Crippen LogP contribution is 2.22. The second-order valence-electron chi connectivity index (χ2n) is 5.25. The lowest BCUT2D eigenvalue weighted by Gasteiger charge is -2.25. The van der Waals surface area contributed by atoms with Gasteiger partial charge in [0, 0.05) is 11.3 Å². The summed E-state index contributed by atoms with van der Waals surface area (Å²) in [5.41, 5.74) is 1.41. The van der Waals surface area contributed by atoms with Gasteiger partial charge in [-0.15, -0.1) is 6.42 Å². The fraction of sp³-hybridized carbons (Fsp3) is 0.167. The van der Waals surface area contributed by atoms with E-state index >= 15 is 0 Å². The molecule has 0 unspecified atom stereocenters. The predicted octanol–water partition coefficient (Wildman–Crippen LogP) is 2.65. The highest BCUT2D eigenvalue weighted by atomic mass is 16.3. The van der Waals surface area contributed by atoms with Gasteiger partial charge >= 0.3 is 0 Å². The van der Waals surface area contributed by atoms with Gasteiger partial charge in [-0.2, -0.15) is 5.10 Å². The van der Waals surface area contributed by atoms with Crippen molar-refractivity contribution in [3.05, 3.63) is 66.6 Å². The molecule has 120 valence electrons. The number of benzene rings is 1. The van der Waals surface area contributed by atoms with E-state index in [4.69, 9.17) is 10.8 Å². The van der Waals surface area contributed by atoms with Crippen LogP contribution in [0.25, 0.3) is 0 Å². The normalized spacial score (nSPS) is 11.7. The Labute approximate surface area is 139 Å². The number of aromatic nitrogens is 3. The summed E-state index contributed by atoms with van der Waals surface area (Å²) < 4.78 is 6.91. The number of rotatable bonds is 5. The highest BCUT2D eigenvalue weighted by molar-refractivity contribution is 5.95. The number of nitrogens with zero attached hydrogens (tertiary/aromatic N) is 4. The van der Waals surface area contributed by atoms with Gasteiger partial charge in [-0.05, 0) is 37.3 Å². The molecule has 0 saturated carbocycles. The van der Waals surface area contributed by atoms with Crippen LogP contribution in [-0.4, -0.2) is 20.7 Å². The van der Waals surface area contributed by atoms with E-state index in [-0.39, 0.29) is 5.91 Å². The van der Waals surface area contributed by atoms with E-state index in [1.54, 1.807) is 30.2 Å². The van der Waals surface area contributed by atoms with Gasteiger partial charge in [0.2, 0.25) is 0 Å². The number of carbonyl (C=O) groups excluding carboxylic acids is 1. The van der Waals surface area contributed by atoms with E-state index in [0.29, 0.717) is 23.6 Å². The number of furan rings is 1. The van der Waals surface area contributed by atoms with Crippen molar-refractivity contribution in [2.24, 2.45) is 0 Å². The Balaban J connectivity index is 1.95. The molecule has 3 aromatic rings. The number of hydrogen-bond donors (Lipinski definition) is 0. The summed E-state index contributed by atoms with van der Waals surface area (Å²) in [6.45, 7) is 2.08. The molecule has 0 aliphatic rings. The van der Waals surface area contributed by atoms with Gasteiger partial charge in [-0.1, -0.05) is 12.0 Å². The van der Waals surface area contributed by atoms with E-state index in [9.17, 15) is 4.79 Å². The van der Waals surface area contributed by atoms with Crippen LogP contribution < -0.4 is 4.90 Å². The summed E-state index contributed by atoms with van der Waals surface area (Å²) in [6.07, 6.45) is 9.98. The molecule has 0 aliphatic heterocycles. The zero-order valence-corrected chi connectivity index (χ0v) is 13.2. The summed E-state index contributed by atoms with van der Waals surface area (Å²) >= 11 is 0.